The number of benzene rings is 1. The van der Waals surface area contributed by atoms with Crippen molar-refractivity contribution in [2.45, 2.75) is 25.4 Å². The monoisotopic (exact) mass is 408 g/mol. The van der Waals surface area contributed by atoms with Crippen LogP contribution >= 0.6 is 31.9 Å². The van der Waals surface area contributed by atoms with E-state index in [4.69, 9.17) is 0 Å². The summed E-state index contributed by atoms with van der Waals surface area (Å²) in [6, 6.07) is 12.0. The maximum Gasteiger partial charge on any atom is 0.255 e. The molecule has 0 aliphatic heterocycles. The van der Waals surface area contributed by atoms with E-state index >= 15 is 0 Å². The van der Waals surface area contributed by atoms with Gasteiger partial charge in [0.25, 0.3) is 5.91 Å². The van der Waals surface area contributed by atoms with Crippen LogP contribution in [0.3, 0.4) is 0 Å². The van der Waals surface area contributed by atoms with Crippen molar-refractivity contribution in [2.24, 2.45) is 0 Å². The number of hydrogen-bond acceptors (Lipinski definition) is 2. The van der Waals surface area contributed by atoms with E-state index in [1.54, 1.807) is 12.3 Å². The van der Waals surface area contributed by atoms with Gasteiger partial charge in [0.15, 0.2) is 0 Å². The molecular formula is C16H14Br2N2O. The number of amides is 1. The quantitative estimate of drug-likeness (QED) is 0.700. The molecule has 1 saturated carbocycles. The highest BCUT2D eigenvalue weighted by Gasteiger charge is 2.33. The lowest BCUT2D eigenvalue weighted by atomic mass is 10.2. The molecule has 0 radical (unpaired) electrons. The molecule has 0 N–H and O–H groups in total. The minimum Gasteiger partial charge on any atom is -0.331 e. The van der Waals surface area contributed by atoms with Gasteiger partial charge in [0.05, 0.1) is 5.56 Å². The number of carbonyl (C=O) groups is 1. The molecule has 1 amide bonds. The van der Waals surface area contributed by atoms with Crippen molar-refractivity contribution in [1.82, 2.24) is 9.88 Å². The third-order valence-corrected chi connectivity index (χ3v) is 4.76. The molecule has 1 heterocycles. The fourth-order valence-corrected chi connectivity index (χ4v) is 2.88. The van der Waals surface area contributed by atoms with Gasteiger partial charge in [-0.3, -0.25) is 4.79 Å². The molecule has 0 unspecified atom stereocenters. The van der Waals surface area contributed by atoms with Crippen LogP contribution in [0, 0.1) is 0 Å². The normalized spacial score (nSPS) is 14.0. The first-order valence-corrected chi connectivity index (χ1v) is 8.39. The Morgan fingerprint density at radius 2 is 1.95 bits per heavy atom. The first kappa shape index (κ1) is 14.7. The summed E-state index contributed by atoms with van der Waals surface area (Å²) in [6.45, 7) is 0.626. The zero-order chi connectivity index (χ0) is 14.8. The van der Waals surface area contributed by atoms with Crippen LogP contribution in [-0.2, 0) is 6.54 Å². The van der Waals surface area contributed by atoms with Crippen molar-refractivity contribution in [1.29, 1.82) is 0 Å². The molecule has 21 heavy (non-hydrogen) atoms. The van der Waals surface area contributed by atoms with E-state index in [1.807, 2.05) is 35.2 Å². The van der Waals surface area contributed by atoms with Gasteiger partial charge in [0, 0.05) is 23.3 Å². The highest BCUT2D eigenvalue weighted by atomic mass is 79.9. The van der Waals surface area contributed by atoms with Crippen LogP contribution < -0.4 is 0 Å². The number of nitrogens with zero attached hydrogens (tertiary/aromatic N) is 2. The molecular weight excluding hydrogens is 396 g/mol. The van der Waals surface area contributed by atoms with Crippen LogP contribution in [0.25, 0.3) is 0 Å². The lowest BCUT2D eigenvalue weighted by Gasteiger charge is -2.23. The third kappa shape index (κ3) is 3.52. The second kappa shape index (κ2) is 6.28. The van der Waals surface area contributed by atoms with Crippen molar-refractivity contribution < 1.29 is 4.79 Å². The number of aromatic nitrogens is 1. The lowest BCUT2D eigenvalue weighted by molar-refractivity contribution is 0.0729. The summed E-state index contributed by atoms with van der Waals surface area (Å²) in [4.78, 5) is 18.8. The van der Waals surface area contributed by atoms with E-state index in [9.17, 15) is 4.79 Å². The standard InChI is InChI=1S/C16H14Br2N2O/c17-14-4-2-1-3-12(14)10-20(13-6-7-13)16(21)11-5-8-15(18)19-9-11/h1-5,8-9,13H,6-7,10H2. The second-order valence-corrected chi connectivity index (χ2v) is 6.79. The molecule has 0 bridgehead atoms. The number of hydrogen-bond donors (Lipinski definition) is 0. The molecule has 0 saturated heterocycles. The van der Waals surface area contributed by atoms with Gasteiger partial charge in [0.1, 0.15) is 4.60 Å². The first-order chi connectivity index (χ1) is 10.1. The summed E-state index contributed by atoms with van der Waals surface area (Å²) >= 11 is 6.85. The molecule has 3 rings (SSSR count). The Morgan fingerprint density at radius 3 is 2.57 bits per heavy atom. The first-order valence-electron chi connectivity index (χ1n) is 6.81. The van der Waals surface area contributed by atoms with Gasteiger partial charge in [-0.25, -0.2) is 4.98 Å². The summed E-state index contributed by atoms with van der Waals surface area (Å²) < 4.78 is 1.78. The number of halogens is 2. The van der Waals surface area contributed by atoms with Crippen LogP contribution in [0.4, 0.5) is 0 Å². The molecule has 1 aliphatic carbocycles. The zero-order valence-electron chi connectivity index (χ0n) is 11.3. The topological polar surface area (TPSA) is 33.2 Å². The Bertz CT molecular complexity index is 654. The van der Waals surface area contributed by atoms with Crippen molar-refractivity contribution in [3.63, 3.8) is 0 Å². The average Bonchev–Trinajstić information content (AvgIpc) is 3.31. The number of carbonyl (C=O) groups excluding carboxylic acids is 1. The van der Waals surface area contributed by atoms with Crippen LogP contribution in [0.1, 0.15) is 28.8 Å². The number of pyridine rings is 1. The molecule has 3 nitrogen and oxygen atoms in total. The maximum absolute atomic E-state index is 12.7. The Balaban J connectivity index is 1.83. The smallest absolute Gasteiger partial charge is 0.255 e. The summed E-state index contributed by atoms with van der Waals surface area (Å²) in [5.74, 6) is 0.0493. The van der Waals surface area contributed by atoms with E-state index in [2.05, 4.69) is 36.8 Å². The summed E-state index contributed by atoms with van der Waals surface area (Å²) in [5.41, 5.74) is 1.76. The molecule has 5 heteroatoms. The van der Waals surface area contributed by atoms with Gasteiger partial charge in [-0.15, -0.1) is 0 Å². The fraction of sp³-hybridized carbons (Fsp3) is 0.250. The van der Waals surface area contributed by atoms with E-state index in [0.717, 1.165) is 27.5 Å². The van der Waals surface area contributed by atoms with Crippen LogP contribution in [0.2, 0.25) is 0 Å². The van der Waals surface area contributed by atoms with E-state index < -0.39 is 0 Å². The lowest BCUT2D eigenvalue weighted by Crippen LogP contribution is -2.32. The molecule has 2 aromatic rings. The minimum atomic E-state index is 0.0493. The second-order valence-electron chi connectivity index (χ2n) is 5.13. The van der Waals surface area contributed by atoms with E-state index in [-0.39, 0.29) is 5.91 Å². The van der Waals surface area contributed by atoms with Gasteiger partial charge in [-0.2, -0.15) is 0 Å². The average molecular weight is 410 g/mol. The van der Waals surface area contributed by atoms with Gasteiger partial charge in [-0.1, -0.05) is 34.1 Å². The minimum absolute atomic E-state index is 0.0493. The van der Waals surface area contributed by atoms with Gasteiger partial charge >= 0.3 is 0 Å². The number of rotatable bonds is 4. The van der Waals surface area contributed by atoms with Crippen LogP contribution in [-0.4, -0.2) is 21.8 Å². The van der Waals surface area contributed by atoms with Crippen LogP contribution in [0.5, 0.6) is 0 Å². The molecule has 108 valence electrons. The van der Waals surface area contributed by atoms with E-state index in [0.29, 0.717) is 18.2 Å². The summed E-state index contributed by atoms with van der Waals surface area (Å²) in [6.07, 6.45) is 3.79. The highest BCUT2D eigenvalue weighted by Crippen LogP contribution is 2.31. The molecule has 1 aromatic heterocycles. The molecule has 1 aromatic carbocycles. The Kier molecular flexibility index (Phi) is 4.40. The maximum atomic E-state index is 12.7. The molecule has 1 fully saturated rings. The molecule has 0 atom stereocenters. The van der Waals surface area contributed by atoms with Crippen LogP contribution in [0.15, 0.2) is 51.7 Å². The SMILES string of the molecule is O=C(c1ccc(Br)nc1)N(Cc1ccccc1Br)C1CC1. The predicted octanol–water partition coefficient (Wildman–Crippen LogP) is 4.41. The Labute approximate surface area is 140 Å². The fourth-order valence-electron chi connectivity index (χ4n) is 2.23. The van der Waals surface area contributed by atoms with E-state index in [1.165, 1.54) is 0 Å². The molecule has 1 aliphatic rings. The predicted molar refractivity (Wildman–Crippen MR) is 89.0 cm³/mol. The van der Waals surface area contributed by atoms with Crippen molar-refractivity contribution in [3.05, 3.63) is 62.8 Å². The largest absolute Gasteiger partial charge is 0.331 e. The Morgan fingerprint density at radius 1 is 1.19 bits per heavy atom. The van der Waals surface area contributed by atoms with Crippen molar-refractivity contribution in [2.75, 3.05) is 0 Å². The Hall–Kier alpha value is -1.20. The van der Waals surface area contributed by atoms with Crippen molar-refractivity contribution >= 4 is 37.8 Å². The summed E-state index contributed by atoms with van der Waals surface area (Å²) in [7, 11) is 0. The highest BCUT2D eigenvalue weighted by molar-refractivity contribution is 9.10. The van der Waals surface area contributed by atoms with Crippen molar-refractivity contribution in [3.8, 4) is 0 Å². The van der Waals surface area contributed by atoms with Gasteiger partial charge in [-0.05, 0) is 52.5 Å². The van der Waals surface area contributed by atoms with Gasteiger partial charge in [0.2, 0.25) is 0 Å². The van der Waals surface area contributed by atoms with Gasteiger partial charge < -0.3 is 4.90 Å². The third-order valence-electron chi connectivity index (χ3n) is 3.52. The summed E-state index contributed by atoms with van der Waals surface area (Å²) in [5, 5.41) is 0. The zero-order valence-corrected chi connectivity index (χ0v) is 14.5. The molecule has 0 spiro atoms.